The summed E-state index contributed by atoms with van der Waals surface area (Å²) in [7, 11) is 0. The highest BCUT2D eigenvalue weighted by Gasteiger charge is 2.20. The van der Waals surface area contributed by atoms with Gasteiger partial charge in [0, 0.05) is 21.8 Å². The number of nitrogens with one attached hydrogen (secondary N) is 3. The topological polar surface area (TPSA) is 87.3 Å². The minimum atomic E-state index is -0.454. The minimum Gasteiger partial charge on any atom is -0.325 e. The van der Waals surface area contributed by atoms with Crippen LogP contribution < -0.4 is 16.0 Å². The molecule has 3 amide bonds. The molecule has 0 aliphatic rings. The zero-order valence-electron chi connectivity index (χ0n) is 24.2. The van der Waals surface area contributed by atoms with Crippen LogP contribution >= 0.6 is 11.8 Å². The Kier molecular flexibility index (Phi) is 10.3. The molecule has 1 unspecified atom stereocenters. The number of thioether (sulfide) groups is 1. The Morgan fingerprint density at radius 3 is 2.21 bits per heavy atom. The van der Waals surface area contributed by atoms with E-state index in [9.17, 15) is 14.4 Å². The molecule has 0 aliphatic heterocycles. The first-order chi connectivity index (χ1) is 20.2. The summed E-state index contributed by atoms with van der Waals surface area (Å²) in [5.74, 6) is -0.905. The van der Waals surface area contributed by atoms with Crippen LogP contribution in [0, 0.1) is 20.8 Å². The summed E-state index contributed by atoms with van der Waals surface area (Å²) in [5.41, 5.74) is 5.89. The number of hydrogen-bond acceptors (Lipinski definition) is 4. The van der Waals surface area contributed by atoms with Crippen molar-refractivity contribution in [2.75, 3.05) is 10.6 Å². The fraction of sp³-hybridized carbons (Fsp3) is 0.171. The van der Waals surface area contributed by atoms with Gasteiger partial charge in [-0.15, -0.1) is 11.8 Å². The Morgan fingerprint density at radius 2 is 1.48 bits per heavy atom. The van der Waals surface area contributed by atoms with Gasteiger partial charge >= 0.3 is 0 Å². The van der Waals surface area contributed by atoms with Gasteiger partial charge in [-0.25, -0.2) is 0 Å². The van der Waals surface area contributed by atoms with Crippen molar-refractivity contribution in [3.8, 4) is 0 Å². The van der Waals surface area contributed by atoms with Crippen molar-refractivity contribution < 1.29 is 14.4 Å². The van der Waals surface area contributed by atoms with Gasteiger partial charge in [-0.1, -0.05) is 67.6 Å². The van der Waals surface area contributed by atoms with Gasteiger partial charge in [-0.05, 0) is 91.9 Å². The van der Waals surface area contributed by atoms with E-state index in [1.165, 1.54) is 11.8 Å². The van der Waals surface area contributed by atoms with Crippen molar-refractivity contribution in [3.05, 3.63) is 131 Å². The Balaban J connectivity index is 1.51. The van der Waals surface area contributed by atoms with Gasteiger partial charge in [-0.2, -0.15) is 0 Å². The zero-order chi connectivity index (χ0) is 30.1. The molecule has 0 radical (unpaired) electrons. The molecule has 0 aliphatic carbocycles. The monoisotopic (exact) mass is 577 g/mol. The first-order valence-electron chi connectivity index (χ1n) is 13.8. The summed E-state index contributed by atoms with van der Waals surface area (Å²) in [5, 5.41) is 8.45. The van der Waals surface area contributed by atoms with E-state index < -0.39 is 5.91 Å². The molecule has 0 aromatic heterocycles. The highest BCUT2D eigenvalue weighted by atomic mass is 32.2. The highest BCUT2D eigenvalue weighted by molar-refractivity contribution is 8.00. The Bertz CT molecular complexity index is 1620. The molecule has 0 heterocycles. The smallest absolute Gasteiger partial charge is 0.272 e. The lowest BCUT2D eigenvalue weighted by molar-refractivity contribution is -0.116. The molecule has 214 valence electrons. The molecule has 42 heavy (non-hydrogen) atoms. The number of benzene rings is 4. The molecule has 4 aromatic carbocycles. The molecular weight excluding hydrogens is 542 g/mol. The molecule has 0 saturated heterocycles. The SMILES string of the molecule is CCC(Sc1cccc(NC(=O)/C(=C/c2ccccc2C)NC(=O)c2ccccc2)c1)C(=O)Nc1cccc(C)c1C. The average molecular weight is 578 g/mol. The van der Waals surface area contributed by atoms with Crippen molar-refractivity contribution in [1.82, 2.24) is 5.32 Å². The minimum absolute atomic E-state index is 0.0716. The van der Waals surface area contributed by atoms with Gasteiger partial charge in [0.2, 0.25) is 5.91 Å². The first kappa shape index (κ1) is 30.3. The lowest BCUT2D eigenvalue weighted by Crippen LogP contribution is -2.30. The third kappa shape index (κ3) is 7.98. The van der Waals surface area contributed by atoms with E-state index in [1.807, 2.05) is 94.4 Å². The lowest BCUT2D eigenvalue weighted by atomic mass is 10.1. The summed E-state index contributed by atoms with van der Waals surface area (Å²) in [6.07, 6.45) is 2.31. The second-order valence-corrected chi connectivity index (χ2v) is 11.2. The van der Waals surface area contributed by atoms with Crippen molar-refractivity contribution in [2.24, 2.45) is 0 Å². The molecular formula is C35H35N3O3S. The van der Waals surface area contributed by atoms with E-state index in [0.29, 0.717) is 17.7 Å². The standard InChI is InChI=1S/C35H35N3O3S/c1-5-32(35(41)37-30-20-11-14-23(2)25(30)4)42-29-19-12-18-28(22-29)36-34(40)31(21-27-17-10-9-13-24(27)3)38-33(39)26-15-7-6-8-16-26/h6-22,32H,5H2,1-4H3,(H,36,40)(H,37,41)(H,38,39)/b31-21-. The molecule has 0 saturated carbocycles. The fourth-order valence-corrected chi connectivity index (χ4v) is 5.29. The van der Waals surface area contributed by atoms with Crippen LogP contribution in [0.4, 0.5) is 11.4 Å². The van der Waals surface area contributed by atoms with Crippen molar-refractivity contribution in [1.29, 1.82) is 0 Å². The molecule has 0 bridgehead atoms. The second kappa shape index (κ2) is 14.3. The van der Waals surface area contributed by atoms with Crippen LogP contribution in [0.25, 0.3) is 6.08 Å². The van der Waals surface area contributed by atoms with Gasteiger partial charge in [0.25, 0.3) is 11.8 Å². The predicted octanol–water partition coefficient (Wildman–Crippen LogP) is 7.53. The Labute approximate surface area is 251 Å². The van der Waals surface area contributed by atoms with Gasteiger partial charge in [0.1, 0.15) is 5.70 Å². The van der Waals surface area contributed by atoms with E-state index >= 15 is 0 Å². The number of rotatable bonds is 10. The summed E-state index contributed by atoms with van der Waals surface area (Å²) in [6, 6.07) is 29.6. The molecule has 1 atom stereocenters. The summed E-state index contributed by atoms with van der Waals surface area (Å²) >= 11 is 1.44. The summed E-state index contributed by atoms with van der Waals surface area (Å²) < 4.78 is 0. The first-order valence-corrected chi connectivity index (χ1v) is 14.7. The molecule has 7 heteroatoms. The summed E-state index contributed by atoms with van der Waals surface area (Å²) in [4.78, 5) is 40.4. The number of aryl methyl sites for hydroxylation is 2. The van der Waals surface area contributed by atoms with Crippen molar-refractivity contribution in [2.45, 2.75) is 44.3 Å². The maximum atomic E-state index is 13.5. The van der Waals surface area contributed by atoms with E-state index in [4.69, 9.17) is 0 Å². The van der Waals surface area contributed by atoms with E-state index in [0.717, 1.165) is 32.8 Å². The Morgan fingerprint density at radius 1 is 0.786 bits per heavy atom. The van der Waals surface area contributed by atoms with Crippen LogP contribution in [0.1, 0.15) is 46.0 Å². The molecule has 3 N–H and O–H groups in total. The van der Waals surface area contributed by atoms with Crippen LogP contribution in [0.5, 0.6) is 0 Å². The van der Waals surface area contributed by atoms with Crippen molar-refractivity contribution >= 4 is 46.9 Å². The van der Waals surface area contributed by atoms with E-state index in [2.05, 4.69) is 16.0 Å². The number of carbonyl (C=O) groups is 3. The maximum Gasteiger partial charge on any atom is 0.272 e. The van der Waals surface area contributed by atoms with Gasteiger partial charge in [-0.3, -0.25) is 14.4 Å². The lowest BCUT2D eigenvalue weighted by Gasteiger charge is -2.17. The van der Waals surface area contributed by atoms with Crippen LogP contribution in [0.15, 0.2) is 108 Å². The number of hydrogen-bond donors (Lipinski definition) is 3. The third-order valence-corrected chi connectivity index (χ3v) is 8.27. The quantitative estimate of drug-likeness (QED) is 0.134. The second-order valence-electron chi connectivity index (χ2n) is 9.97. The molecule has 4 aromatic rings. The largest absolute Gasteiger partial charge is 0.325 e. The number of anilines is 2. The molecule has 0 spiro atoms. The molecule has 6 nitrogen and oxygen atoms in total. The normalized spacial score (nSPS) is 11.9. The fourth-order valence-electron chi connectivity index (χ4n) is 4.28. The number of carbonyl (C=O) groups excluding carboxylic acids is 3. The van der Waals surface area contributed by atoms with Gasteiger partial charge in [0.15, 0.2) is 0 Å². The van der Waals surface area contributed by atoms with Crippen LogP contribution in [0.2, 0.25) is 0 Å². The van der Waals surface area contributed by atoms with E-state index in [1.54, 1.807) is 36.4 Å². The summed E-state index contributed by atoms with van der Waals surface area (Å²) in [6.45, 7) is 7.94. The number of amides is 3. The van der Waals surface area contributed by atoms with Gasteiger partial charge in [0.05, 0.1) is 5.25 Å². The van der Waals surface area contributed by atoms with E-state index in [-0.39, 0.29) is 22.8 Å². The van der Waals surface area contributed by atoms with Crippen LogP contribution in [0.3, 0.4) is 0 Å². The maximum absolute atomic E-state index is 13.5. The Hall–Kier alpha value is -4.62. The highest BCUT2D eigenvalue weighted by Crippen LogP contribution is 2.29. The predicted molar refractivity (Wildman–Crippen MR) is 173 cm³/mol. The van der Waals surface area contributed by atoms with Crippen molar-refractivity contribution in [3.63, 3.8) is 0 Å². The zero-order valence-corrected chi connectivity index (χ0v) is 25.0. The third-order valence-electron chi connectivity index (χ3n) is 6.91. The van der Waals surface area contributed by atoms with Crippen LogP contribution in [-0.4, -0.2) is 23.0 Å². The van der Waals surface area contributed by atoms with Gasteiger partial charge < -0.3 is 16.0 Å². The molecule has 4 rings (SSSR count). The van der Waals surface area contributed by atoms with Crippen LogP contribution in [-0.2, 0) is 9.59 Å². The molecule has 0 fully saturated rings. The average Bonchev–Trinajstić information content (AvgIpc) is 2.99.